The number of hydrogen-bond acceptors (Lipinski definition) is 7. The first-order chi connectivity index (χ1) is 14.6. The number of nitrogens with zero attached hydrogens (tertiary/aromatic N) is 4. The highest BCUT2D eigenvalue weighted by Crippen LogP contribution is 2.27. The fourth-order valence-corrected chi connectivity index (χ4v) is 3.74. The number of piperidine rings is 1. The highest BCUT2D eigenvalue weighted by Gasteiger charge is 2.24. The van der Waals surface area contributed by atoms with Gasteiger partial charge in [-0.3, -0.25) is 9.69 Å². The second-order valence-electron chi connectivity index (χ2n) is 7.69. The Morgan fingerprint density at radius 2 is 2.13 bits per heavy atom. The molecular formula is C22H26N6O2. The molecule has 0 radical (unpaired) electrons. The lowest BCUT2D eigenvalue weighted by atomic mass is 9.94. The van der Waals surface area contributed by atoms with Crippen LogP contribution in [0.3, 0.4) is 0 Å². The number of anilines is 3. The lowest BCUT2D eigenvalue weighted by Gasteiger charge is -2.32. The third kappa shape index (κ3) is 5.01. The van der Waals surface area contributed by atoms with Crippen molar-refractivity contribution in [2.45, 2.75) is 32.6 Å². The SMILES string of the molecule is Cc1cc(NC(=O)CN2CCC[C@H](c3cccc(Nc4ncccc4C)n3)C2)no1. The van der Waals surface area contributed by atoms with Crippen LogP contribution < -0.4 is 10.6 Å². The zero-order chi connectivity index (χ0) is 20.9. The summed E-state index contributed by atoms with van der Waals surface area (Å²) in [5.41, 5.74) is 2.10. The van der Waals surface area contributed by atoms with Gasteiger partial charge in [0.1, 0.15) is 17.4 Å². The third-order valence-electron chi connectivity index (χ3n) is 5.21. The van der Waals surface area contributed by atoms with Crippen molar-refractivity contribution in [1.82, 2.24) is 20.0 Å². The van der Waals surface area contributed by atoms with Gasteiger partial charge in [0.05, 0.1) is 6.54 Å². The third-order valence-corrected chi connectivity index (χ3v) is 5.21. The van der Waals surface area contributed by atoms with E-state index in [4.69, 9.17) is 9.51 Å². The predicted molar refractivity (Wildman–Crippen MR) is 115 cm³/mol. The van der Waals surface area contributed by atoms with Crippen molar-refractivity contribution in [2.75, 3.05) is 30.3 Å². The van der Waals surface area contributed by atoms with Crippen LogP contribution in [-0.4, -0.2) is 45.6 Å². The van der Waals surface area contributed by atoms with Crippen molar-refractivity contribution < 1.29 is 9.32 Å². The van der Waals surface area contributed by atoms with E-state index in [1.807, 2.05) is 31.2 Å². The highest BCUT2D eigenvalue weighted by atomic mass is 16.5. The molecule has 30 heavy (non-hydrogen) atoms. The van der Waals surface area contributed by atoms with E-state index in [0.29, 0.717) is 18.1 Å². The summed E-state index contributed by atoms with van der Waals surface area (Å²) in [7, 11) is 0. The lowest BCUT2D eigenvalue weighted by molar-refractivity contribution is -0.117. The van der Waals surface area contributed by atoms with E-state index >= 15 is 0 Å². The smallest absolute Gasteiger partial charge is 0.239 e. The minimum absolute atomic E-state index is 0.0852. The standard InChI is InChI=1S/C22H26N6O2/c1-15-6-4-10-23-22(15)26-19-9-3-8-18(24-19)17-7-5-11-28(13-17)14-21(29)25-20-12-16(2)30-27-20/h3-4,6,8-10,12,17H,5,7,11,13-14H2,1-2H3,(H,23,24,26)(H,25,27,29)/t17-/m0/s1. The normalized spacial score (nSPS) is 16.9. The molecule has 2 N–H and O–H groups in total. The number of nitrogens with one attached hydrogen (secondary N) is 2. The molecule has 1 atom stereocenters. The molecule has 1 saturated heterocycles. The van der Waals surface area contributed by atoms with E-state index in [0.717, 1.165) is 48.8 Å². The Morgan fingerprint density at radius 1 is 1.23 bits per heavy atom. The summed E-state index contributed by atoms with van der Waals surface area (Å²) in [6, 6.07) is 11.7. The van der Waals surface area contributed by atoms with Gasteiger partial charge in [-0.25, -0.2) is 9.97 Å². The van der Waals surface area contributed by atoms with E-state index < -0.39 is 0 Å². The summed E-state index contributed by atoms with van der Waals surface area (Å²) in [4.78, 5) is 23.7. The second kappa shape index (κ2) is 9.04. The minimum atomic E-state index is -0.0852. The fraction of sp³-hybridized carbons (Fsp3) is 0.364. The number of hydrogen-bond donors (Lipinski definition) is 2. The quantitative estimate of drug-likeness (QED) is 0.645. The monoisotopic (exact) mass is 406 g/mol. The number of pyridine rings is 2. The largest absolute Gasteiger partial charge is 0.360 e. The summed E-state index contributed by atoms with van der Waals surface area (Å²) in [5.74, 6) is 2.92. The number of carbonyl (C=O) groups is 1. The van der Waals surface area contributed by atoms with E-state index in [9.17, 15) is 4.79 Å². The summed E-state index contributed by atoms with van der Waals surface area (Å²) in [5, 5.41) is 9.91. The van der Waals surface area contributed by atoms with Gasteiger partial charge in [0.15, 0.2) is 5.82 Å². The van der Waals surface area contributed by atoms with Gasteiger partial charge in [0.2, 0.25) is 5.91 Å². The number of likely N-dealkylation sites (tertiary alicyclic amines) is 1. The molecule has 0 spiro atoms. The van der Waals surface area contributed by atoms with Gasteiger partial charge < -0.3 is 15.2 Å². The van der Waals surface area contributed by atoms with Crippen molar-refractivity contribution in [2.24, 2.45) is 0 Å². The minimum Gasteiger partial charge on any atom is -0.360 e. The summed E-state index contributed by atoms with van der Waals surface area (Å²) >= 11 is 0. The maximum atomic E-state index is 12.4. The van der Waals surface area contributed by atoms with Gasteiger partial charge >= 0.3 is 0 Å². The number of amides is 1. The second-order valence-corrected chi connectivity index (χ2v) is 7.69. The van der Waals surface area contributed by atoms with Gasteiger partial charge in [-0.05, 0) is 57.0 Å². The molecule has 0 unspecified atom stereocenters. The van der Waals surface area contributed by atoms with Crippen LogP contribution >= 0.6 is 0 Å². The zero-order valence-electron chi connectivity index (χ0n) is 17.3. The molecule has 0 saturated carbocycles. The van der Waals surface area contributed by atoms with Gasteiger partial charge in [-0.15, -0.1) is 0 Å². The van der Waals surface area contributed by atoms with Crippen molar-refractivity contribution in [3.05, 3.63) is 59.6 Å². The maximum Gasteiger partial charge on any atom is 0.239 e. The van der Waals surface area contributed by atoms with Crippen molar-refractivity contribution in [1.29, 1.82) is 0 Å². The fourth-order valence-electron chi connectivity index (χ4n) is 3.74. The molecule has 8 heteroatoms. The molecule has 3 aromatic heterocycles. The van der Waals surface area contributed by atoms with Crippen LogP contribution in [0.15, 0.2) is 47.1 Å². The summed E-state index contributed by atoms with van der Waals surface area (Å²) in [6.45, 7) is 5.83. The number of rotatable bonds is 6. The Balaban J connectivity index is 1.38. The Morgan fingerprint density at radius 3 is 2.93 bits per heavy atom. The molecule has 1 fully saturated rings. The number of carbonyl (C=O) groups excluding carboxylic acids is 1. The Kier molecular flexibility index (Phi) is 6.04. The molecular weight excluding hydrogens is 380 g/mol. The number of aromatic nitrogens is 3. The van der Waals surface area contributed by atoms with Crippen LogP contribution in [-0.2, 0) is 4.79 Å². The molecule has 156 valence electrons. The van der Waals surface area contributed by atoms with Crippen molar-refractivity contribution in [3.8, 4) is 0 Å². The Bertz CT molecular complexity index is 1020. The first-order valence-electron chi connectivity index (χ1n) is 10.2. The molecule has 3 aromatic rings. The van der Waals surface area contributed by atoms with E-state index in [-0.39, 0.29) is 11.8 Å². The van der Waals surface area contributed by atoms with Crippen LogP contribution in [0.2, 0.25) is 0 Å². The predicted octanol–water partition coefficient (Wildman–Crippen LogP) is 3.64. The molecule has 1 amide bonds. The lowest BCUT2D eigenvalue weighted by Crippen LogP contribution is -2.40. The van der Waals surface area contributed by atoms with E-state index in [1.54, 1.807) is 19.2 Å². The molecule has 1 aliphatic rings. The van der Waals surface area contributed by atoms with Crippen molar-refractivity contribution in [3.63, 3.8) is 0 Å². The topological polar surface area (TPSA) is 96.2 Å². The Labute approximate surface area is 175 Å². The van der Waals surface area contributed by atoms with Gasteiger partial charge in [-0.2, -0.15) is 0 Å². The average molecular weight is 406 g/mol. The van der Waals surface area contributed by atoms with Crippen LogP contribution in [0.25, 0.3) is 0 Å². The maximum absolute atomic E-state index is 12.4. The number of aryl methyl sites for hydroxylation is 2. The zero-order valence-corrected chi connectivity index (χ0v) is 17.3. The van der Waals surface area contributed by atoms with E-state index in [1.165, 1.54) is 0 Å². The first-order valence-corrected chi connectivity index (χ1v) is 10.2. The Hall–Kier alpha value is -3.26. The average Bonchev–Trinajstić information content (AvgIpc) is 3.14. The molecule has 4 heterocycles. The van der Waals surface area contributed by atoms with Gasteiger partial charge in [-0.1, -0.05) is 17.3 Å². The summed E-state index contributed by atoms with van der Waals surface area (Å²) < 4.78 is 4.99. The molecule has 0 bridgehead atoms. The molecule has 4 rings (SSSR count). The van der Waals surface area contributed by atoms with Crippen LogP contribution in [0.5, 0.6) is 0 Å². The molecule has 1 aliphatic heterocycles. The summed E-state index contributed by atoms with van der Waals surface area (Å²) in [6.07, 6.45) is 3.85. The molecule has 8 nitrogen and oxygen atoms in total. The van der Waals surface area contributed by atoms with Gasteiger partial charge in [0, 0.05) is 30.4 Å². The van der Waals surface area contributed by atoms with Gasteiger partial charge in [0.25, 0.3) is 0 Å². The van der Waals surface area contributed by atoms with Crippen LogP contribution in [0.1, 0.15) is 35.8 Å². The van der Waals surface area contributed by atoms with Crippen molar-refractivity contribution >= 4 is 23.4 Å². The highest BCUT2D eigenvalue weighted by molar-refractivity contribution is 5.91. The van der Waals surface area contributed by atoms with E-state index in [2.05, 4.69) is 31.7 Å². The van der Waals surface area contributed by atoms with Crippen LogP contribution in [0.4, 0.5) is 17.5 Å². The van der Waals surface area contributed by atoms with Crippen LogP contribution in [0, 0.1) is 13.8 Å². The molecule has 0 aliphatic carbocycles. The first kappa shape index (κ1) is 20.0. The molecule has 0 aromatic carbocycles.